The zero-order valence-electron chi connectivity index (χ0n) is 13.2. The van der Waals surface area contributed by atoms with Crippen molar-refractivity contribution in [3.05, 3.63) is 33.8 Å². The minimum absolute atomic E-state index is 0.161. The summed E-state index contributed by atoms with van der Waals surface area (Å²) in [5.74, 6) is -1.33. The summed E-state index contributed by atoms with van der Waals surface area (Å²) >= 11 is 11.8. The van der Waals surface area contributed by atoms with E-state index in [9.17, 15) is 14.4 Å². The van der Waals surface area contributed by atoms with Crippen LogP contribution in [0.15, 0.2) is 18.2 Å². The summed E-state index contributed by atoms with van der Waals surface area (Å²) in [6, 6.07) is 4.51. The number of methoxy groups -OCH3 is 1. The third kappa shape index (κ3) is 4.61. The van der Waals surface area contributed by atoms with Gasteiger partial charge in [0.05, 0.1) is 30.2 Å². The quantitative estimate of drug-likeness (QED) is 0.821. The molecule has 1 aliphatic rings. The Bertz CT molecular complexity index is 651. The highest BCUT2D eigenvalue weighted by Crippen LogP contribution is 2.21. The Kier molecular flexibility index (Phi) is 6.45. The number of amides is 2. The van der Waals surface area contributed by atoms with Crippen LogP contribution in [0.3, 0.4) is 0 Å². The molecule has 6 nitrogen and oxygen atoms in total. The first-order valence-electron chi connectivity index (χ1n) is 7.51. The van der Waals surface area contributed by atoms with Gasteiger partial charge in [0.2, 0.25) is 5.91 Å². The second-order valence-corrected chi connectivity index (χ2v) is 6.35. The summed E-state index contributed by atoms with van der Waals surface area (Å²) in [6.45, 7) is 0.707. The minimum Gasteiger partial charge on any atom is -0.469 e. The Morgan fingerprint density at radius 1 is 1.33 bits per heavy atom. The molecular formula is C16H18Cl2N2O4. The molecule has 1 saturated heterocycles. The number of hydrogen-bond acceptors (Lipinski definition) is 4. The van der Waals surface area contributed by atoms with Gasteiger partial charge in [-0.15, -0.1) is 0 Å². The standard InChI is InChI=1S/C16H18Cl2N2O4/c1-24-16(23)10-3-2-6-20(9-10)14(21)8-19-15(22)12-5-4-11(17)7-13(12)18/h4-5,7,10H,2-3,6,8-9H2,1H3,(H,19,22). The van der Waals surface area contributed by atoms with E-state index in [-0.39, 0.29) is 34.9 Å². The van der Waals surface area contributed by atoms with Crippen LogP contribution < -0.4 is 5.32 Å². The Morgan fingerprint density at radius 3 is 2.75 bits per heavy atom. The zero-order chi connectivity index (χ0) is 17.7. The molecule has 1 unspecified atom stereocenters. The fraction of sp³-hybridized carbons (Fsp3) is 0.438. The summed E-state index contributed by atoms with van der Waals surface area (Å²) in [6.07, 6.45) is 1.42. The number of ether oxygens (including phenoxy) is 1. The van der Waals surface area contributed by atoms with Crippen molar-refractivity contribution in [3.63, 3.8) is 0 Å². The van der Waals surface area contributed by atoms with E-state index < -0.39 is 5.91 Å². The lowest BCUT2D eigenvalue weighted by molar-refractivity contribution is -0.148. The maximum absolute atomic E-state index is 12.2. The van der Waals surface area contributed by atoms with E-state index in [2.05, 4.69) is 5.32 Å². The fourth-order valence-electron chi connectivity index (χ4n) is 2.60. The molecule has 0 spiro atoms. The van der Waals surface area contributed by atoms with E-state index in [1.165, 1.54) is 19.2 Å². The van der Waals surface area contributed by atoms with Crippen LogP contribution in [0.25, 0.3) is 0 Å². The first-order chi connectivity index (χ1) is 11.4. The van der Waals surface area contributed by atoms with Gasteiger partial charge < -0.3 is 15.0 Å². The average Bonchev–Trinajstić information content (AvgIpc) is 2.58. The number of nitrogens with one attached hydrogen (secondary N) is 1. The predicted molar refractivity (Wildman–Crippen MR) is 90.1 cm³/mol. The van der Waals surface area contributed by atoms with E-state index in [1.54, 1.807) is 11.0 Å². The average molecular weight is 373 g/mol. The monoisotopic (exact) mass is 372 g/mol. The summed E-state index contributed by atoms with van der Waals surface area (Å²) in [7, 11) is 1.33. The van der Waals surface area contributed by atoms with Crippen LogP contribution in [0, 0.1) is 5.92 Å². The number of likely N-dealkylation sites (tertiary alicyclic amines) is 1. The Labute approximate surface area is 150 Å². The van der Waals surface area contributed by atoms with Gasteiger partial charge in [-0.3, -0.25) is 14.4 Å². The lowest BCUT2D eigenvalue weighted by Crippen LogP contribution is -2.46. The number of rotatable bonds is 4. The minimum atomic E-state index is -0.452. The topological polar surface area (TPSA) is 75.7 Å². The van der Waals surface area contributed by atoms with Crippen molar-refractivity contribution in [1.82, 2.24) is 10.2 Å². The van der Waals surface area contributed by atoms with Crippen LogP contribution in [-0.2, 0) is 14.3 Å². The molecule has 8 heteroatoms. The van der Waals surface area contributed by atoms with Gasteiger partial charge in [0, 0.05) is 18.1 Å². The third-order valence-corrected chi connectivity index (χ3v) is 4.43. The SMILES string of the molecule is COC(=O)C1CCCN(C(=O)CNC(=O)c2ccc(Cl)cc2Cl)C1. The maximum Gasteiger partial charge on any atom is 0.310 e. The lowest BCUT2D eigenvalue weighted by Gasteiger charge is -2.31. The Morgan fingerprint density at radius 2 is 2.08 bits per heavy atom. The smallest absolute Gasteiger partial charge is 0.310 e. The number of hydrogen-bond donors (Lipinski definition) is 1. The highest BCUT2D eigenvalue weighted by Gasteiger charge is 2.29. The molecule has 24 heavy (non-hydrogen) atoms. The summed E-state index contributed by atoms with van der Waals surface area (Å²) < 4.78 is 4.72. The van der Waals surface area contributed by atoms with Crippen LogP contribution in [0.5, 0.6) is 0 Å². The summed E-state index contributed by atoms with van der Waals surface area (Å²) in [5, 5.41) is 3.18. The molecule has 1 aromatic rings. The molecular weight excluding hydrogens is 355 g/mol. The Balaban J connectivity index is 1.90. The van der Waals surface area contributed by atoms with Crippen molar-refractivity contribution in [2.24, 2.45) is 5.92 Å². The van der Waals surface area contributed by atoms with E-state index in [4.69, 9.17) is 27.9 Å². The highest BCUT2D eigenvalue weighted by atomic mass is 35.5. The highest BCUT2D eigenvalue weighted by molar-refractivity contribution is 6.36. The van der Waals surface area contributed by atoms with E-state index in [0.717, 1.165) is 6.42 Å². The number of benzene rings is 1. The van der Waals surface area contributed by atoms with Gasteiger partial charge in [0.15, 0.2) is 0 Å². The number of piperidine rings is 1. The molecule has 1 N–H and O–H groups in total. The van der Waals surface area contributed by atoms with Gasteiger partial charge in [-0.25, -0.2) is 0 Å². The van der Waals surface area contributed by atoms with Crippen molar-refractivity contribution >= 4 is 41.0 Å². The molecule has 0 bridgehead atoms. The molecule has 0 saturated carbocycles. The number of esters is 1. The van der Waals surface area contributed by atoms with Crippen LogP contribution in [-0.4, -0.2) is 49.4 Å². The molecule has 1 atom stereocenters. The van der Waals surface area contributed by atoms with Gasteiger partial charge >= 0.3 is 5.97 Å². The first-order valence-corrected chi connectivity index (χ1v) is 8.27. The summed E-state index contributed by atoms with van der Waals surface area (Å²) in [4.78, 5) is 37.5. The van der Waals surface area contributed by atoms with Gasteiger partial charge in [-0.1, -0.05) is 23.2 Å². The number of carbonyl (C=O) groups excluding carboxylic acids is 3. The molecule has 0 radical (unpaired) electrons. The Hall–Kier alpha value is -1.79. The fourth-order valence-corrected chi connectivity index (χ4v) is 3.09. The number of nitrogens with zero attached hydrogens (tertiary/aromatic N) is 1. The second kappa shape index (κ2) is 8.35. The zero-order valence-corrected chi connectivity index (χ0v) is 14.7. The number of halogens is 2. The lowest BCUT2D eigenvalue weighted by atomic mass is 9.98. The van der Waals surface area contributed by atoms with E-state index in [0.29, 0.717) is 24.5 Å². The normalized spacial score (nSPS) is 17.3. The maximum atomic E-state index is 12.2. The third-order valence-electron chi connectivity index (χ3n) is 3.88. The molecule has 1 aromatic carbocycles. The predicted octanol–water partition coefficient (Wildman–Crippen LogP) is 2.13. The first kappa shape index (κ1) is 18.5. The molecule has 1 fully saturated rings. The van der Waals surface area contributed by atoms with Crippen molar-refractivity contribution in [2.45, 2.75) is 12.8 Å². The number of carbonyl (C=O) groups is 3. The van der Waals surface area contributed by atoms with Crippen LogP contribution >= 0.6 is 23.2 Å². The molecule has 1 aliphatic heterocycles. The molecule has 0 aliphatic carbocycles. The van der Waals surface area contributed by atoms with Gasteiger partial charge in [0.1, 0.15) is 0 Å². The van der Waals surface area contributed by atoms with Crippen molar-refractivity contribution in [2.75, 3.05) is 26.7 Å². The molecule has 2 rings (SSSR count). The van der Waals surface area contributed by atoms with E-state index >= 15 is 0 Å². The van der Waals surface area contributed by atoms with Crippen LogP contribution in [0.1, 0.15) is 23.2 Å². The van der Waals surface area contributed by atoms with Gasteiger partial charge in [-0.2, -0.15) is 0 Å². The second-order valence-electron chi connectivity index (χ2n) is 5.51. The molecule has 0 aromatic heterocycles. The molecule has 2 amide bonds. The van der Waals surface area contributed by atoms with Gasteiger partial charge in [0.25, 0.3) is 5.91 Å². The van der Waals surface area contributed by atoms with Gasteiger partial charge in [-0.05, 0) is 31.0 Å². The molecule has 1 heterocycles. The van der Waals surface area contributed by atoms with Crippen molar-refractivity contribution in [1.29, 1.82) is 0 Å². The van der Waals surface area contributed by atoms with E-state index in [1.807, 2.05) is 0 Å². The van der Waals surface area contributed by atoms with Crippen LogP contribution in [0.4, 0.5) is 0 Å². The largest absolute Gasteiger partial charge is 0.469 e. The van der Waals surface area contributed by atoms with Crippen LogP contribution in [0.2, 0.25) is 10.0 Å². The summed E-state index contributed by atoms with van der Waals surface area (Å²) in [5.41, 5.74) is 0.250. The molecule has 130 valence electrons. The van der Waals surface area contributed by atoms with Crippen molar-refractivity contribution < 1.29 is 19.1 Å². The van der Waals surface area contributed by atoms with Crippen molar-refractivity contribution in [3.8, 4) is 0 Å².